The lowest BCUT2D eigenvalue weighted by molar-refractivity contribution is -0.126. The minimum absolute atomic E-state index is 0.00727. The first-order chi connectivity index (χ1) is 13.2. The third-order valence-corrected chi connectivity index (χ3v) is 5.34. The maximum Gasteiger partial charge on any atom is 0.246 e. The van der Waals surface area contributed by atoms with Gasteiger partial charge in [-0.15, -0.1) is 0 Å². The van der Waals surface area contributed by atoms with Crippen LogP contribution in [0, 0.1) is 0 Å². The molecule has 2 aromatic rings. The highest BCUT2D eigenvalue weighted by Crippen LogP contribution is 2.23. The summed E-state index contributed by atoms with van der Waals surface area (Å²) >= 11 is 0. The van der Waals surface area contributed by atoms with Crippen molar-refractivity contribution in [3.05, 3.63) is 54.0 Å². The summed E-state index contributed by atoms with van der Waals surface area (Å²) in [5, 5.41) is 2.77. The van der Waals surface area contributed by atoms with Crippen molar-refractivity contribution in [1.29, 1.82) is 0 Å². The minimum Gasteiger partial charge on any atom is -0.351 e. The van der Waals surface area contributed by atoms with Crippen molar-refractivity contribution in [1.82, 2.24) is 14.5 Å². The Kier molecular flexibility index (Phi) is 5.05. The van der Waals surface area contributed by atoms with Crippen molar-refractivity contribution in [2.45, 2.75) is 38.1 Å². The number of nitrogens with zero attached hydrogens (tertiary/aromatic N) is 3. The van der Waals surface area contributed by atoms with E-state index >= 15 is 0 Å². The Labute approximate surface area is 158 Å². The van der Waals surface area contributed by atoms with Gasteiger partial charge in [-0.25, -0.2) is 4.98 Å². The van der Waals surface area contributed by atoms with Crippen molar-refractivity contribution in [2.24, 2.45) is 0 Å². The zero-order chi connectivity index (χ0) is 18.6. The molecule has 1 saturated heterocycles. The predicted octanol–water partition coefficient (Wildman–Crippen LogP) is 3.03. The smallest absolute Gasteiger partial charge is 0.246 e. The number of likely N-dealkylation sites (tertiary alicyclic amines) is 1. The molecule has 2 aliphatic rings. The van der Waals surface area contributed by atoms with E-state index < -0.39 is 0 Å². The van der Waals surface area contributed by atoms with E-state index in [-0.39, 0.29) is 11.8 Å². The van der Waals surface area contributed by atoms with Gasteiger partial charge in [0.2, 0.25) is 11.8 Å². The van der Waals surface area contributed by atoms with Gasteiger partial charge in [0.25, 0.3) is 0 Å². The van der Waals surface area contributed by atoms with Crippen LogP contribution in [0.15, 0.2) is 42.9 Å². The molecule has 1 atom stereocenters. The highest BCUT2D eigenvalue weighted by molar-refractivity contribution is 5.93. The average Bonchev–Trinajstić information content (AvgIpc) is 3.10. The van der Waals surface area contributed by atoms with Gasteiger partial charge in [0.15, 0.2) is 0 Å². The highest BCUT2D eigenvalue weighted by Gasteiger charge is 2.20. The highest BCUT2D eigenvalue weighted by atomic mass is 16.2. The fourth-order valence-corrected chi connectivity index (χ4v) is 3.83. The van der Waals surface area contributed by atoms with Crippen LogP contribution in [0.1, 0.15) is 42.9 Å². The van der Waals surface area contributed by atoms with Gasteiger partial charge in [0.05, 0.1) is 0 Å². The molecule has 27 heavy (non-hydrogen) atoms. The Morgan fingerprint density at radius 3 is 2.89 bits per heavy atom. The number of hydrogen-bond acceptors (Lipinski definition) is 3. The van der Waals surface area contributed by atoms with Gasteiger partial charge < -0.3 is 14.8 Å². The summed E-state index contributed by atoms with van der Waals surface area (Å²) in [6.45, 7) is 1.58. The second-order valence-corrected chi connectivity index (χ2v) is 7.20. The van der Waals surface area contributed by atoms with E-state index in [4.69, 9.17) is 0 Å². The summed E-state index contributed by atoms with van der Waals surface area (Å²) in [5.41, 5.74) is 1.91. The molecule has 1 unspecified atom stereocenters. The van der Waals surface area contributed by atoms with Gasteiger partial charge in [-0.2, -0.15) is 0 Å². The van der Waals surface area contributed by atoms with E-state index in [9.17, 15) is 9.59 Å². The van der Waals surface area contributed by atoms with E-state index in [1.807, 2.05) is 17.0 Å². The van der Waals surface area contributed by atoms with Gasteiger partial charge in [0, 0.05) is 50.2 Å². The fraction of sp³-hybridized carbons (Fsp3) is 0.381. The van der Waals surface area contributed by atoms with Gasteiger partial charge in [-0.1, -0.05) is 0 Å². The lowest BCUT2D eigenvalue weighted by Crippen LogP contribution is -2.30. The number of pyridine rings is 1. The number of aryl methyl sites for hydroxylation is 1. The molecular formula is C21H24N4O2. The Morgan fingerprint density at radius 1 is 1.19 bits per heavy atom. The first-order valence-electron chi connectivity index (χ1n) is 9.57. The lowest BCUT2D eigenvalue weighted by atomic mass is 10.0. The molecule has 0 aliphatic carbocycles. The van der Waals surface area contributed by atoms with E-state index in [0.29, 0.717) is 24.7 Å². The number of nitrogens with one attached hydrogen (secondary N) is 1. The minimum atomic E-state index is 0.00727. The third kappa shape index (κ3) is 4.10. The van der Waals surface area contributed by atoms with Gasteiger partial charge in [-0.05, 0) is 61.1 Å². The van der Waals surface area contributed by atoms with Crippen molar-refractivity contribution >= 4 is 23.7 Å². The van der Waals surface area contributed by atoms with Crippen LogP contribution in [0.2, 0.25) is 0 Å². The Bertz CT molecular complexity index is 857. The molecule has 0 spiro atoms. The number of aromatic nitrogens is 2. The van der Waals surface area contributed by atoms with Crippen molar-refractivity contribution in [3.8, 4) is 0 Å². The van der Waals surface area contributed by atoms with Crippen molar-refractivity contribution in [3.63, 3.8) is 0 Å². The van der Waals surface area contributed by atoms with E-state index in [1.54, 1.807) is 12.3 Å². The maximum atomic E-state index is 12.6. The molecule has 2 aliphatic heterocycles. The molecule has 4 rings (SSSR count). The molecule has 0 bridgehead atoms. The van der Waals surface area contributed by atoms with Crippen LogP contribution >= 0.6 is 0 Å². The van der Waals surface area contributed by atoms with Crippen molar-refractivity contribution in [2.75, 3.05) is 18.4 Å². The first-order valence-corrected chi connectivity index (χ1v) is 9.57. The lowest BCUT2D eigenvalue weighted by Gasteiger charge is -2.19. The molecule has 1 N–H and O–H groups in total. The molecule has 2 aromatic heterocycles. The van der Waals surface area contributed by atoms with Crippen LogP contribution in [0.5, 0.6) is 0 Å². The van der Waals surface area contributed by atoms with Gasteiger partial charge in [-0.3, -0.25) is 9.59 Å². The monoisotopic (exact) mass is 364 g/mol. The Balaban J connectivity index is 1.38. The molecule has 6 nitrogen and oxygen atoms in total. The molecular weight excluding hydrogens is 340 g/mol. The van der Waals surface area contributed by atoms with E-state index in [0.717, 1.165) is 43.5 Å². The van der Waals surface area contributed by atoms with Crippen LogP contribution in [0.4, 0.5) is 5.82 Å². The Hall–Kier alpha value is -2.89. The molecule has 0 saturated carbocycles. The normalized spacial score (nSPS) is 20.2. The molecule has 140 valence electrons. The zero-order valence-electron chi connectivity index (χ0n) is 15.3. The summed E-state index contributed by atoms with van der Waals surface area (Å²) in [7, 11) is 0. The predicted molar refractivity (Wildman–Crippen MR) is 104 cm³/mol. The zero-order valence-corrected chi connectivity index (χ0v) is 15.3. The Morgan fingerprint density at radius 2 is 2.04 bits per heavy atom. The van der Waals surface area contributed by atoms with E-state index in [1.165, 1.54) is 0 Å². The topological polar surface area (TPSA) is 67.2 Å². The SMILES string of the molecule is O=C1CCc2cc(C=CC(=O)N3CCCC(n4cccc4)CC3)cnc2N1. The average molecular weight is 364 g/mol. The molecule has 1 fully saturated rings. The quantitative estimate of drug-likeness (QED) is 0.851. The molecule has 4 heterocycles. The standard InChI is InChI=1S/C21H24N4O2/c26-19-7-6-17-14-16(15-22-21(17)23-19)5-8-20(27)25-12-3-4-18(9-13-25)24-10-1-2-11-24/h1-2,5,8,10-11,14-15,18H,3-4,6-7,9,12-13H2,(H,22,23,26). The van der Waals surface area contributed by atoms with Gasteiger partial charge in [0.1, 0.15) is 5.82 Å². The summed E-state index contributed by atoms with van der Waals surface area (Å²) in [6.07, 6.45) is 13.6. The van der Waals surface area contributed by atoms with E-state index in [2.05, 4.69) is 39.4 Å². The number of carbonyl (C=O) groups is 2. The number of carbonyl (C=O) groups excluding carboxylic acids is 2. The fourth-order valence-electron chi connectivity index (χ4n) is 3.83. The van der Waals surface area contributed by atoms with Crippen LogP contribution < -0.4 is 5.32 Å². The van der Waals surface area contributed by atoms with Crippen LogP contribution in [-0.2, 0) is 16.0 Å². The summed E-state index contributed by atoms with van der Waals surface area (Å²) in [5.74, 6) is 0.695. The number of hydrogen-bond donors (Lipinski definition) is 1. The first kappa shape index (κ1) is 17.5. The summed E-state index contributed by atoms with van der Waals surface area (Å²) in [4.78, 5) is 30.3. The van der Waals surface area contributed by atoms with Crippen LogP contribution in [0.3, 0.4) is 0 Å². The number of rotatable bonds is 3. The second-order valence-electron chi connectivity index (χ2n) is 7.20. The molecule has 0 radical (unpaired) electrons. The number of fused-ring (bicyclic) bond motifs is 1. The number of anilines is 1. The van der Waals surface area contributed by atoms with Crippen molar-refractivity contribution < 1.29 is 9.59 Å². The largest absolute Gasteiger partial charge is 0.351 e. The summed E-state index contributed by atoms with van der Waals surface area (Å²) < 4.78 is 2.25. The maximum absolute atomic E-state index is 12.6. The number of amides is 2. The van der Waals surface area contributed by atoms with Gasteiger partial charge >= 0.3 is 0 Å². The molecule has 0 aromatic carbocycles. The second kappa shape index (κ2) is 7.78. The molecule has 6 heteroatoms. The van der Waals surface area contributed by atoms with Crippen LogP contribution in [0.25, 0.3) is 6.08 Å². The molecule has 2 amide bonds. The summed E-state index contributed by atoms with van der Waals surface area (Å²) in [6, 6.07) is 6.57. The van der Waals surface area contributed by atoms with Crippen LogP contribution in [-0.4, -0.2) is 39.4 Å². The third-order valence-electron chi connectivity index (χ3n) is 5.34.